The van der Waals surface area contributed by atoms with Crippen molar-refractivity contribution in [2.75, 3.05) is 14.2 Å². The largest absolute Gasteiger partial charge is 0.493 e. The van der Waals surface area contributed by atoms with E-state index >= 15 is 0 Å². The summed E-state index contributed by atoms with van der Waals surface area (Å²) in [6.45, 7) is 3.81. The van der Waals surface area contributed by atoms with Gasteiger partial charge in [-0.1, -0.05) is 0 Å². The number of rotatable bonds is 3. The zero-order valence-corrected chi connectivity index (χ0v) is 10.4. The van der Waals surface area contributed by atoms with Gasteiger partial charge in [0.2, 0.25) is 0 Å². The van der Waals surface area contributed by atoms with E-state index in [-0.39, 0.29) is 0 Å². The van der Waals surface area contributed by atoms with E-state index in [1.807, 2.05) is 26.0 Å². The first-order valence-corrected chi connectivity index (χ1v) is 5.31. The molecule has 0 saturated heterocycles. The number of oxazole rings is 1. The minimum absolute atomic E-state index is 0.647. The van der Waals surface area contributed by atoms with Gasteiger partial charge in [0.15, 0.2) is 23.1 Å². The number of hydrogen-bond acceptors (Lipinski definition) is 4. The average molecular weight is 233 g/mol. The van der Waals surface area contributed by atoms with Crippen LogP contribution in [0.25, 0.3) is 11.3 Å². The maximum atomic E-state index is 5.52. The van der Waals surface area contributed by atoms with E-state index in [4.69, 9.17) is 13.9 Å². The van der Waals surface area contributed by atoms with Crippen LogP contribution in [-0.2, 0) is 0 Å². The lowest BCUT2D eigenvalue weighted by Gasteiger charge is -2.11. The molecule has 0 fully saturated rings. The van der Waals surface area contributed by atoms with Gasteiger partial charge in [-0.3, -0.25) is 0 Å². The van der Waals surface area contributed by atoms with Crippen LogP contribution in [-0.4, -0.2) is 19.2 Å². The second kappa shape index (κ2) is 4.49. The SMILES string of the molecule is COc1cc(C)c(-c2cnc(C)o2)cc1OC. The van der Waals surface area contributed by atoms with Crippen molar-refractivity contribution in [1.29, 1.82) is 0 Å². The molecule has 0 aliphatic heterocycles. The predicted octanol–water partition coefficient (Wildman–Crippen LogP) is 2.98. The van der Waals surface area contributed by atoms with Crippen molar-refractivity contribution < 1.29 is 13.9 Å². The van der Waals surface area contributed by atoms with Gasteiger partial charge in [0.1, 0.15) is 0 Å². The molecule has 1 aromatic carbocycles. The summed E-state index contributed by atoms with van der Waals surface area (Å²) in [5.41, 5.74) is 2.02. The van der Waals surface area contributed by atoms with Gasteiger partial charge in [-0.15, -0.1) is 0 Å². The van der Waals surface area contributed by atoms with Crippen LogP contribution < -0.4 is 9.47 Å². The van der Waals surface area contributed by atoms with Crippen molar-refractivity contribution in [3.05, 3.63) is 29.8 Å². The lowest BCUT2D eigenvalue weighted by Crippen LogP contribution is -1.93. The molecule has 90 valence electrons. The van der Waals surface area contributed by atoms with Gasteiger partial charge in [-0.25, -0.2) is 4.98 Å². The van der Waals surface area contributed by atoms with Crippen LogP contribution in [0.5, 0.6) is 11.5 Å². The topological polar surface area (TPSA) is 44.5 Å². The average Bonchev–Trinajstić information content (AvgIpc) is 2.75. The van der Waals surface area contributed by atoms with Gasteiger partial charge < -0.3 is 13.9 Å². The molecular formula is C13H15NO3. The Morgan fingerprint density at radius 1 is 1.06 bits per heavy atom. The first-order valence-electron chi connectivity index (χ1n) is 5.31. The van der Waals surface area contributed by atoms with Crippen molar-refractivity contribution in [2.24, 2.45) is 0 Å². The fourth-order valence-corrected chi connectivity index (χ4v) is 1.73. The molecule has 0 unspecified atom stereocenters. The molecule has 0 aliphatic rings. The number of ether oxygens (including phenoxy) is 2. The van der Waals surface area contributed by atoms with Gasteiger partial charge in [0.25, 0.3) is 0 Å². The quantitative estimate of drug-likeness (QED) is 0.817. The van der Waals surface area contributed by atoms with Gasteiger partial charge in [0.05, 0.1) is 20.4 Å². The second-order valence-corrected chi connectivity index (χ2v) is 3.77. The molecule has 0 amide bonds. The zero-order valence-electron chi connectivity index (χ0n) is 10.4. The smallest absolute Gasteiger partial charge is 0.191 e. The Hall–Kier alpha value is -1.97. The summed E-state index contributed by atoms with van der Waals surface area (Å²) in [7, 11) is 3.23. The van der Waals surface area contributed by atoms with E-state index in [9.17, 15) is 0 Å². The molecular weight excluding hydrogens is 218 g/mol. The number of nitrogens with zero attached hydrogens (tertiary/aromatic N) is 1. The van der Waals surface area contributed by atoms with Gasteiger partial charge in [0, 0.05) is 12.5 Å². The molecule has 0 saturated carbocycles. The highest BCUT2D eigenvalue weighted by Gasteiger charge is 2.12. The van der Waals surface area contributed by atoms with Crippen LogP contribution in [0.15, 0.2) is 22.7 Å². The minimum Gasteiger partial charge on any atom is -0.493 e. The number of aromatic nitrogens is 1. The lowest BCUT2D eigenvalue weighted by molar-refractivity contribution is 0.354. The predicted molar refractivity (Wildman–Crippen MR) is 64.5 cm³/mol. The maximum Gasteiger partial charge on any atom is 0.191 e. The highest BCUT2D eigenvalue weighted by atomic mass is 16.5. The van der Waals surface area contributed by atoms with E-state index in [0.29, 0.717) is 17.4 Å². The van der Waals surface area contributed by atoms with Crippen molar-refractivity contribution >= 4 is 0 Å². The fraction of sp³-hybridized carbons (Fsp3) is 0.308. The van der Waals surface area contributed by atoms with E-state index in [1.54, 1.807) is 20.4 Å². The van der Waals surface area contributed by atoms with Crippen molar-refractivity contribution in [1.82, 2.24) is 4.98 Å². The van der Waals surface area contributed by atoms with Crippen LogP contribution in [0, 0.1) is 13.8 Å². The maximum absolute atomic E-state index is 5.52. The molecule has 0 N–H and O–H groups in total. The number of aryl methyl sites for hydroxylation is 2. The Morgan fingerprint density at radius 2 is 1.71 bits per heavy atom. The summed E-state index contributed by atoms with van der Waals surface area (Å²) >= 11 is 0. The molecule has 1 heterocycles. The van der Waals surface area contributed by atoms with Gasteiger partial charge >= 0.3 is 0 Å². The third-order valence-corrected chi connectivity index (χ3v) is 2.62. The Bertz CT molecular complexity index is 531. The zero-order chi connectivity index (χ0) is 12.4. The summed E-state index contributed by atoms with van der Waals surface area (Å²) in [4.78, 5) is 4.09. The van der Waals surface area contributed by atoms with E-state index in [1.165, 1.54) is 0 Å². The Kier molecular flexibility index (Phi) is 3.04. The summed E-state index contributed by atoms with van der Waals surface area (Å²) in [6.07, 6.45) is 1.71. The van der Waals surface area contributed by atoms with Gasteiger partial charge in [-0.05, 0) is 24.6 Å². The third kappa shape index (κ3) is 2.11. The summed E-state index contributed by atoms with van der Waals surface area (Å²) in [5.74, 6) is 2.78. The molecule has 4 nitrogen and oxygen atoms in total. The number of hydrogen-bond donors (Lipinski definition) is 0. The molecule has 0 radical (unpaired) electrons. The molecule has 1 aromatic heterocycles. The monoisotopic (exact) mass is 233 g/mol. The molecule has 0 bridgehead atoms. The van der Waals surface area contributed by atoms with Crippen molar-refractivity contribution in [3.8, 4) is 22.8 Å². The van der Waals surface area contributed by atoms with E-state index < -0.39 is 0 Å². The van der Waals surface area contributed by atoms with Crippen molar-refractivity contribution in [3.63, 3.8) is 0 Å². The second-order valence-electron chi connectivity index (χ2n) is 3.77. The summed E-state index contributed by atoms with van der Waals surface area (Å²) < 4.78 is 16.0. The number of benzene rings is 1. The Balaban J connectivity index is 2.55. The molecule has 0 spiro atoms. The Morgan fingerprint density at radius 3 is 2.24 bits per heavy atom. The fourth-order valence-electron chi connectivity index (χ4n) is 1.73. The first kappa shape index (κ1) is 11.5. The van der Waals surface area contributed by atoms with E-state index in [2.05, 4.69) is 4.98 Å². The van der Waals surface area contributed by atoms with Crippen LogP contribution in [0.3, 0.4) is 0 Å². The van der Waals surface area contributed by atoms with Crippen LogP contribution in [0.2, 0.25) is 0 Å². The summed E-state index contributed by atoms with van der Waals surface area (Å²) in [5, 5.41) is 0. The van der Waals surface area contributed by atoms with Crippen LogP contribution >= 0.6 is 0 Å². The van der Waals surface area contributed by atoms with Crippen LogP contribution in [0.1, 0.15) is 11.5 Å². The molecule has 4 heteroatoms. The lowest BCUT2D eigenvalue weighted by atomic mass is 10.1. The first-order chi connectivity index (χ1) is 8.15. The molecule has 2 aromatic rings. The Labute approximate surface area is 100 Å². The van der Waals surface area contributed by atoms with E-state index in [0.717, 1.165) is 16.9 Å². The highest BCUT2D eigenvalue weighted by molar-refractivity contribution is 5.66. The van der Waals surface area contributed by atoms with Crippen LogP contribution in [0.4, 0.5) is 0 Å². The standard InChI is InChI=1S/C13H15NO3/c1-8-5-11(15-3)12(16-4)6-10(8)13-7-14-9(2)17-13/h5-7H,1-4H3. The molecule has 2 rings (SSSR count). The third-order valence-electron chi connectivity index (χ3n) is 2.62. The van der Waals surface area contributed by atoms with Crippen molar-refractivity contribution in [2.45, 2.75) is 13.8 Å². The minimum atomic E-state index is 0.647. The number of methoxy groups -OCH3 is 2. The highest BCUT2D eigenvalue weighted by Crippen LogP contribution is 2.35. The normalized spacial score (nSPS) is 10.4. The molecule has 0 aliphatic carbocycles. The molecule has 0 atom stereocenters. The molecule has 17 heavy (non-hydrogen) atoms. The van der Waals surface area contributed by atoms with Gasteiger partial charge in [-0.2, -0.15) is 0 Å². The summed E-state index contributed by atoms with van der Waals surface area (Å²) in [6, 6.07) is 3.82.